The highest BCUT2D eigenvalue weighted by molar-refractivity contribution is 14.2. The van der Waals surface area contributed by atoms with E-state index >= 15 is 0 Å². The molecule has 0 N–H and O–H groups in total. The smallest absolute Gasteiger partial charge is 0.189 e. The van der Waals surface area contributed by atoms with Gasteiger partial charge in [-0.15, -0.1) is 0 Å². The molecule has 2 rings (SSSR count). The quantitative estimate of drug-likeness (QED) is 0.325. The van der Waals surface area contributed by atoms with Crippen molar-refractivity contribution < 1.29 is 9.47 Å². The first-order valence-electron chi connectivity index (χ1n) is 3.81. The Kier molecular flexibility index (Phi) is 3.81. The summed E-state index contributed by atoms with van der Waals surface area (Å²) in [5.41, 5.74) is 0. The third-order valence-electron chi connectivity index (χ3n) is 2.21. The van der Waals surface area contributed by atoms with Crippen molar-refractivity contribution in [2.75, 3.05) is 6.79 Å². The van der Waals surface area contributed by atoms with Gasteiger partial charge < -0.3 is 9.47 Å². The van der Waals surface area contributed by atoms with Gasteiger partial charge >= 0.3 is 0 Å². The number of ether oxygens (including phenoxy) is 2. The Morgan fingerprint density at radius 1 is 1.40 bits per heavy atom. The minimum atomic E-state index is -1.22. The van der Waals surface area contributed by atoms with Crippen molar-refractivity contribution >= 4 is 95.9 Å². The lowest BCUT2D eigenvalue weighted by molar-refractivity contribution is 0.0484. The van der Waals surface area contributed by atoms with Gasteiger partial charge in [0.05, 0.1) is 0 Å². The predicted molar refractivity (Wildman–Crippen MR) is 81.6 cm³/mol. The van der Waals surface area contributed by atoms with Crippen LogP contribution in [0.5, 0.6) is 0 Å². The summed E-state index contributed by atoms with van der Waals surface area (Å²) >= 11 is 26.5. The van der Waals surface area contributed by atoms with Crippen molar-refractivity contribution in [1.29, 1.82) is 0 Å². The predicted octanol–water partition coefficient (Wildman–Crippen LogP) is 4.33. The van der Waals surface area contributed by atoms with Crippen molar-refractivity contribution in [3.63, 3.8) is 0 Å². The number of fused-ring (bicyclic) bond motifs is 1. The summed E-state index contributed by atoms with van der Waals surface area (Å²) in [6.07, 6.45) is 1.38. The molecule has 0 radical (unpaired) electrons. The molecule has 0 aromatic rings. The summed E-state index contributed by atoms with van der Waals surface area (Å²) < 4.78 is 7.87. The molecule has 0 spiro atoms. The van der Waals surface area contributed by atoms with E-state index in [1.165, 1.54) is 0 Å². The first kappa shape index (κ1) is 13.7. The van der Waals surface area contributed by atoms with Gasteiger partial charge in [-0.2, -0.15) is 0 Å². The van der Waals surface area contributed by atoms with Gasteiger partial charge in [0.2, 0.25) is 0 Å². The maximum absolute atomic E-state index is 6.31. The second-order valence-corrected chi connectivity index (χ2v) is 12.3. The van der Waals surface area contributed by atoms with Gasteiger partial charge in [-0.3, -0.25) is 0 Å². The Labute approximate surface area is 138 Å². The maximum Gasteiger partial charge on any atom is 0.189 e. The van der Waals surface area contributed by atoms with Crippen molar-refractivity contribution in [2.45, 2.75) is 15.6 Å². The van der Waals surface area contributed by atoms with Crippen LogP contribution in [0.2, 0.25) is 0 Å². The molecule has 8 heteroatoms. The van der Waals surface area contributed by atoms with E-state index in [-0.39, 0.29) is 12.9 Å². The fourth-order valence-electron chi connectivity index (χ4n) is 1.38. The average molecular weight is 560 g/mol. The molecule has 1 aliphatic carbocycles. The van der Waals surface area contributed by atoms with E-state index in [0.29, 0.717) is 5.76 Å². The number of allylic oxidation sites excluding steroid dienone is 1. The number of alkyl halides is 6. The molecule has 0 saturated carbocycles. The lowest BCUT2D eigenvalue weighted by Gasteiger charge is -2.46. The van der Waals surface area contributed by atoms with Crippen LogP contribution >= 0.6 is 95.9 Å². The van der Waals surface area contributed by atoms with Gasteiger partial charge in [-0.05, 0) is 6.08 Å². The van der Waals surface area contributed by atoms with Crippen LogP contribution in [0.1, 0.15) is 0 Å². The zero-order valence-electron chi connectivity index (χ0n) is 6.95. The van der Waals surface area contributed by atoms with Gasteiger partial charge in [0.1, 0.15) is 13.3 Å². The van der Waals surface area contributed by atoms with Gasteiger partial charge in [0, 0.05) is 0 Å². The normalized spacial score (nSPS) is 41.7. The molecule has 0 amide bonds. The minimum Gasteiger partial charge on any atom is -0.469 e. The molecule has 2 aliphatic rings. The first-order chi connectivity index (χ1) is 6.70. The summed E-state index contributed by atoms with van der Waals surface area (Å²) in [5, 5.41) is 0. The molecule has 0 aromatic heterocycles. The number of rotatable bonds is 0. The Balaban J connectivity index is 2.55. The topological polar surface area (TPSA) is 18.5 Å². The summed E-state index contributed by atoms with van der Waals surface area (Å²) in [5.74, 6) is 0.669. The summed E-state index contributed by atoms with van der Waals surface area (Å²) in [6.45, 7) is 0.202. The molecule has 2 atom stereocenters. The van der Waals surface area contributed by atoms with Crippen LogP contribution in [0.3, 0.4) is 0 Å². The lowest BCUT2D eigenvalue weighted by atomic mass is 10.0. The second kappa shape index (κ2) is 4.16. The van der Waals surface area contributed by atoms with Crippen molar-refractivity contribution in [3.05, 3.63) is 11.8 Å². The molecule has 0 aromatic carbocycles. The van der Waals surface area contributed by atoms with E-state index in [1.54, 1.807) is 6.08 Å². The van der Waals surface area contributed by atoms with Crippen molar-refractivity contribution in [1.82, 2.24) is 0 Å². The molecule has 0 bridgehead atoms. The van der Waals surface area contributed by atoms with Crippen LogP contribution in [0.25, 0.3) is 0 Å². The van der Waals surface area contributed by atoms with Crippen LogP contribution in [0.15, 0.2) is 11.8 Å². The highest BCUT2D eigenvalue weighted by Crippen LogP contribution is 2.64. The van der Waals surface area contributed by atoms with E-state index in [1.807, 2.05) is 0 Å². The summed E-state index contributed by atoms with van der Waals surface area (Å²) in [4.78, 5) is 0. The first-order valence-corrected chi connectivity index (χ1v) is 7.89. The van der Waals surface area contributed by atoms with E-state index in [2.05, 4.69) is 61.1 Å². The van der Waals surface area contributed by atoms with Crippen LogP contribution in [0.4, 0.5) is 0 Å². The zero-order valence-corrected chi connectivity index (χ0v) is 15.1. The van der Waals surface area contributed by atoms with Crippen molar-refractivity contribution in [2.24, 2.45) is 0 Å². The SMILES string of the molecule is ClC1(Br)C=C2OCOC2C(I)(I)C1(Cl)Cl. The van der Waals surface area contributed by atoms with E-state index in [4.69, 9.17) is 44.3 Å². The molecule has 86 valence electrons. The summed E-state index contributed by atoms with van der Waals surface area (Å²) in [7, 11) is 0. The molecule has 15 heavy (non-hydrogen) atoms. The standard InChI is InChI=1S/C7H4BrCl3I2O2/c8-5(9)1-3-4(15-2-14-3)6(12,13)7(5,10)11/h1,4H,2H2. The second-order valence-electron chi connectivity index (χ2n) is 3.18. The molecule has 1 aliphatic heterocycles. The molecule has 1 heterocycles. The number of hydrogen-bond acceptors (Lipinski definition) is 2. The van der Waals surface area contributed by atoms with E-state index < -0.39 is 9.55 Å². The number of halogens is 6. The Morgan fingerprint density at radius 2 is 2.00 bits per heavy atom. The Bertz CT molecular complexity index is 332. The Morgan fingerprint density at radius 3 is 2.60 bits per heavy atom. The van der Waals surface area contributed by atoms with Gasteiger partial charge in [0.25, 0.3) is 0 Å². The molecule has 2 unspecified atom stereocenters. The monoisotopic (exact) mass is 558 g/mol. The largest absolute Gasteiger partial charge is 0.469 e. The van der Waals surface area contributed by atoms with E-state index in [9.17, 15) is 0 Å². The van der Waals surface area contributed by atoms with Crippen LogP contribution in [-0.4, -0.2) is 22.4 Å². The van der Waals surface area contributed by atoms with Crippen LogP contribution < -0.4 is 0 Å². The molecule has 2 nitrogen and oxygen atoms in total. The van der Waals surface area contributed by atoms with Gasteiger partial charge in [0.15, 0.2) is 14.9 Å². The lowest BCUT2D eigenvalue weighted by Crippen LogP contribution is -2.57. The fourth-order valence-corrected chi connectivity index (χ4v) is 5.37. The summed E-state index contributed by atoms with van der Waals surface area (Å²) in [6, 6.07) is 0. The van der Waals surface area contributed by atoms with Crippen molar-refractivity contribution in [3.8, 4) is 0 Å². The van der Waals surface area contributed by atoms with Crippen LogP contribution in [0, 0.1) is 0 Å². The highest BCUT2D eigenvalue weighted by atomic mass is 127. The third kappa shape index (κ3) is 1.96. The third-order valence-corrected chi connectivity index (χ3v) is 9.29. The molecular weight excluding hydrogens is 556 g/mol. The molecule has 1 fully saturated rings. The van der Waals surface area contributed by atoms with Crippen LogP contribution in [-0.2, 0) is 9.47 Å². The maximum atomic E-state index is 6.31. The van der Waals surface area contributed by atoms with Gasteiger partial charge in [-0.25, -0.2) is 0 Å². The van der Waals surface area contributed by atoms with E-state index in [0.717, 1.165) is 0 Å². The highest BCUT2D eigenvalue weighted by Gasteiger charge is 2.67. The molecular formula is C7H4BrCl3I2O2. The zero-order chi connectivity index (χ0) is 11.5. The number of hydrogen-bond donors (Lipinski definition) is 0. The fraction of sp³-hybridized carbons (Fsp3) is 0.714. The Hall–Kier alpha value is 2.31. The minimum absolute atomic E-state index is 0.202. The van der Waals surface area contributed by atoms with Gasteiger partial charge in [-0.1, -0.05) is 95.9 Å². The molecule has 1 saturated heterocycles. The average Bonchev–Trinajstić information content (AvgIpc) is 2.49.